The van der Waals surface area contributed by atoms with Gasteiger partial charge >= 0.3 is 6.18 Å². The number of nitrogens with zero attached hydrogens (tertiary/aromatic N) is 6. The second kappa shape index (κ2) is 8.41. The highest BCUT2D eigenvalue weighted by molar-refractivity contribution is 5.86. The van der Waals surface area contributed by atoms with Crippen LogP contribution < -0.4 is 5.73 Å². The first-order chi connectivity index (χ1) is 15.9. The monoisotopic (exact) mass is 461 g/mol. The average molecular weight is 461 g/mol. The van der Waals surface area contributed by atoms with Crippen molar-refractivity contribution in [3.63, 3.8) is 0 Å². The van der Waals surface area contributed by atoms with Crippen molar-refractivity contribution in [2.24, 2.45) is 0 Å². The van der Waals surface area contributed by atoms with E-state index >= 15 is 0 Å². The summed E-state index contributed by atoms with van der Waals surface area (Å²) in [6.45, 7) is 1.97. The van der Waals surface area contributed by atoms with Crippen LogP contribution in [-0.4, -0.2) is 49.3 Å². The van der Waals surface area contributed by atoms with Crippen molar-refractivity contribution >= 4 is 17.1 Å². The molecule has 33 heavy (non-hydrogen) atoms. The fraction of sp³-hybridized carbons (Fsp3) is 0.350. The van der Waals surface area contributed by atoms with E-state index in [0.29, 0.717) is 31.8 Å². The van der Waals surface area contributed by atoms with Crippen molar-refractivity contribution in [3.8, 4) is 11.5 Å². The van der Waals surface area contributed by atoms with Crippen LogP contribution >= 0.6 is 0 Å². The molecule has 0 spiro atoms. The molecular formula is C20H18F3N7O3. The van der Waals surface area contributed by atoms with Gasteiger partial charge in [-0.25, -0.2) is 9.67 Å². The SMILES string of the molecule is Nc1nc(-c2cc(C(F)(F)F)co2)c2nnn(Cc3ccc(COC4CCOC4)cn3)c2n1. The molecule has 1 aliphatic heterocycles. The second-order valence-corrected chi connectivity index (χ2v) is 7.50. The first-order valence-electron chi connectivity index (χ1n) is 10.0. The molecule has 2 N–H and O–H groups in total. The maximum Gasteiger partial charge on any atom is 0.419 e. The van der Waals surface area contributed by atoms with Crippen LogP contribution in [0.3, 0.4) is 0 Å². The normalized spacial score (nSPS) is 16.6. The van der Waals surface area contributed by atoms with Gasteiger partial charge in [0.2, 0.25) is 5.95 Å². The van der Waals surface area contributed by atoms with E-state index in [4.69, 9.17) is 19.6 Å². The lowest BCUT2D eigenvalue weighted by molar-refractivity contribution is -0.137. The number of hydrogen-bond acceptors (Lipinski definition) is 9. The number of ether oxygens (including phenoxy) is 2. The third-order valence-electron chi connectivity index (χ3n) is 5.11. The maximum absolute atomic E-state index is 12.9. The summed E-state index contributed by atoms with van der Waals surface area (Å²) in [6.07, 6.45) is -1.25. The first-order valence-corrected chi connectivity index (χ1v) is 10.0. The molecule has 1 unspecified atom stereocenters. The molecular weight excluding hydrogens is 443 g/mol. The van der Waals surface area contributed by atoms with E-state index in [1.807, 2.05) is 12.1 Å². The average Bonchev–Trinajstić information content (AvgIpc) is 3.54. The summed E-state index contributed by atoms with van der Waals surface area (Å²) in [6, 6.07) is 4.55. The van der Waals surface area contributed by atoms with Crippen LogP contribution in [-0.2, 0) is 28.8 Å². The minimum atomic E-state index is -4.55. The van der Waals surface area contributed by atoms with Crippen LogP contribution in [0.1, 0.15) is 23.2 Å². The van der Waals surface area contributed by atoms with Crippen molar-refractivity contribution in [3.05, 3.63) is 47.5 Å². The van der Waals surface area contributed by atoms with Gasteiger partial charge in [0.05, 0.1) is 37.1 Å². The van der Waals surface area contributed by atoms with E-state index < -0.39 is 11.7 Å². The van der Waals surface area contributed by atoms with E-state index in [9.17, 15) is 13.2 Å². The lowest BCUT2D eigenvalue weighted by Crippen LogP contribution is -2.12. The molecule has 1 saturated heterocycles. The summed E-state index contributed by atoms with van der Waals surface area (Å²) >= 11 is 0. The zero-order chi connectivity index (χ0) is 23.0. The summed E-state index contributed by atoms with van der Waals surface area (Å²) in [5.41, 5.74) is 6.87. The topological polar surface area (TPSA) is 127 Å². The van der Waals surface area contributed by atoms with Crippen molar-refractivity contribution in [1.29, 1.82) is 0 Å². The van der Waals surface area contributed by atoms with Crippen LogP contribution in [0.4, 0.5) is 19.1 Å². The zero-order valence-electron chi connectivity index (χ0n) is 17.1. The van der Waals surface area contributed by atoms with Crippen molar-refractivity contribution in [1.82, 2.24) is 29.9 Å². The smallest absolute Gasteiger partial charge is 0.419 e. The molecule has 0 saturated carbocycles. The van der Waals surface area contributed by atoms with Crippen LogP contribution in [0.2, 0.25) is 0 Å². The molecule has 0 amide bonds. The van der Waals surface area contributed by atoms with Crippen LogP contribution in [0, 0.1) is 0 Å². The minimum Gasteiger partial charge on any atom is -0.462 e. The number of aromatic nitrogens is 6. The fourth-order valence-corrected chi connectivity index (χ4v) is 3.41. The molecule has 1 atom stereocenters. The fourth-order valence-electron chi connectivity index (χ4n) is 3.41. The molecule has 0 aliphatic carbocycles. The lowest BCUT2D eigenvalue weighted by atomic mass is 10.2. The maximum atomic E-state index is 12.9. The van der Waals surface area contributed by atoms with Gasteiger partial charge in [-0.15, -0.1) is 5.10 Å². The summed E-state index contributed by atoms with van der Waals surface area (Å²) in [4.78, 5) is 12.6. The van der Waals surface area contributed by atoms with Gasteiger partial charge in [-0.1, -0.05) is 11.3 Å². The third-order valence-corrected chi connectivity index (χ3v) is 5.11. The molecule has 0 radical (unpaired) electrons. The summed E-state index contributed by atoms with van der Waals surface area (Å²) in [5, 5.41) is 8.08. The molecule has 172 valence electrons. The number of furan rings is 1. The Bertz CT molecular complexity index is 1260. The molecule has 1 fully saturated rings. The Labute approximate surface area is 184 Å². The molecule has 0 aromatic carbocycles. The molecule has 10 nitrogen and oxygen atoms in total. The lowest BCUT2D eigenvalue weighted by Gasteiger charge is -2.10. The Hall–Kier alpha value is -3.58. The van der Waals surface area contributed by atoms with E-state index in [-0.39, 0.29) is 41.2 Å². The molecule has 4 aromatic heterocycles. The number of nitrogen functional groups attached to an aromatic ring is 1. The van der Waals surface area contributed by atoms with Crippen LogP contribution in [0.25, 0.3) is 22.6 Å². The Morgan fingerprint density at radius 1 is 1.24 bits per heavy atom. The van der Waals surface area contributed by atoms with Crippen molar-refractivity contribution < 1.29 is 27.1 Å². The van der Waals surface area contributed by atoms with Crippen molar-refractivity contribution in [2.45, 2.75) is 31.9 Å². The number of anilines is 1. The Kier molecular flexibility index (Phi) is 5.42. The molecule has 1 aliphatic rings. The number of pyridine rings is 1. The molecule has 5 heterocycles. The molecule has 0 bridgehead atoms. The van der Waals surface area contributed by atoms with Gasteiger partial charge in [0.25, 0.3) is 0 Å². The quantitative estimate of drug-likeness (QED) is 0.461. The number of rotatable bonds is 6. The number of alkyl halides is 3. The van der Waals surface area contributed by atoms with Gasteiger partial charge in [0.15, 0.2) is 16.9 Å². The molecule has 4 aromatic rings. The molecule has 13 heteroatoms. The Balaban J connectivity index is 1.36. The summed E-state index contributed by atoms with van der Waals surface area (Å²) in [5.74, 6) is -0.286. The highest BCUT2D eigenvalue weighted by Crippen LogP contribution is 2.34. The molecule has 5 rings (SSSR count). The van der Waals surface area contributed by atoms with E-state index in [1.165, 1.54) is 4.68 Å². The number of halogens is 3. The van der Waals surface area contributed by atoms with Crippen LogP contribution in [0.15, 0.2) is 35.1 Å². The van der Waals surface area contributed by atoms with Gasteiger partial charge in [-0.3, -0.25) is 4.98 Å². The van der Waals surface area contributed by atoms with E-state index in [1.54, 1.807) is 6.20 Å². The van der Waals surface area contributed by atoms with Gasteiger partial charge in [0.1, 0.15) is 12.0 Å². The van der Waals surface area contributed by atoms with Gasteiger partial charge < -0.3 is 19.6 Å². The summed E-state index contributed by atoms with van der Waals surface area (Å²) in [7, 11) is 0. The number of nitrogens with two attached hydrogens (primary N) is 1. The predicted molar refractivity (Wildman–Crippen MR) is 108 cm³/mol. The standard InChI is InChI=1S/C20H18F3N7O3/c21-20(22,23)12-5-15(33-9-12)16-17-18(27-19(24)26-16)30(29-28-17)7-13-2-1-11(6-25-13)8-32-14-3-4-31-10-14/h1-2,5-6,9,14H,3-4,7-8,10H2,(H2,24,26,27). The zero-order valence-corrected chi connectivity index (χ0v) is 17.1. The van der Waals surface area contributed by atoms with E-state index in [0.717, 1.165) is 18.1 Å². The predicted octanol–water partition coefficient (Wildman–Crippen LogP) is 2.83. The Morgan fingerprint density at radius 2 is 2.12 bits per heavy atom. The van der Waals surface area contributed by atoms with Gasteiger partial charge in [-0.2, -0.15) is 18.2 Å². The van der Waals surface area contributed by atoms with Gasteiger partial charge in [0, 0.05) is 12.8 Å². The first kappa shape index (κ1) is 21.3. The third kappa shape index (κ3) is 4.50. The summed E-state index contributed by atoms with van der Waals surface area (Å²) < 4.78 is 56.4. The largest absolute Gasteiger partial charge is 0.462 e. The number of hydrogen-bond donors (Lipinski definition) is 1. The Morgan fingerprint density at radius 3 is 2.82 bits per heavy atom. The second-order valence-electron chi connectivity index (χ2n) is 7.50. The van der Waals surface area contributed by atoms with Crippen molar-refractivity contribution in [2.75, 3.05) is 18.9 Å². The number of fused-ring (bicyclic) bond motifs is 1. The van der Waals surface area contributed by atoms with Gasteiger partial charge in [-0.05, 0) is 24.1 Å². The minimum absolute atomic E-state index is 0.0237. The highest BCUT2D eigenvalue weighted by Gasteiger charge is 2.33. The highest BCUT2D eigenvalue weighted by atomic mass is 19.4. The van der Waals surface area contributed by atoms with E-state index in [2.05, 4.69) is 25.3 Å². The van der Waals surface area contributed by atoms with Crippen LogP contribution in [0.5, 0.6) is 0 Å².